The number of nitrogens with zero attached hydrogens (tertiary/aromatic N) is 2. The Balaban J connectivity index is 1.47. The van der Waals surface area contributed by atoms with Gasteiger partial charge in [-0.3, -0.25) is 4.79 Å². The van der Waals surface area contributed by atoms with E-state index in [2.05, 4.69) is 15.5 Å². The normalized spacial score (nSPS) is 10.4. The first-order chi connectivity index (χ1) is 12.7. The highest BCUT2D eigenvalue weighted by molar-refractivity contribution is 5.94. The molecule has 1 N–H and O–H groups in total. The average molecular weight is 353 g/mol. The highest BCUT2D eigenvalue weighted by Gasteiger charge is 2.09. The molecule has 0 aliphatic rings. The fraction of sp³-hybridized carbons (Fsp3) is 0.211. The molecule has 1 heterocycles. The largest absolute Gasteiger partial charge is 0.497 e. The lowest BCUT2D eigenvalue weighted by atomic mass is 10.1. The molecule has 7 heteroatoms. The molecule has 0 atom stereocenters. The summed E-state index contributed by atoms with van der Waals surface area (Å²) in [6, 6.07) is 14.3. The summed E-state index contributed by atoms with van der Waals surface area (Å²) in [4.78, 5) is 16.3. The van der Waals surface area contributed by atoms with Crippen LogP contribution in [-0.2, 0) is 0 Å². The zero-order valence-corrected chi connectivity index (χ0v) is 14.6. The van der Waals surface area contributed by atoms with Crippen LogP contribution in [0.5, 0.6) is 11.5 Å². The maximum atomic E-state index is 12.2. The third-order valence-corrected chi connectivity index (χ3v) is 3.64. The molecule has 134 valence electrons. The molecule has 0 radical (unpaired) electrons. The van der Waals surface area contributed by atoms with Gasteiger partial charge in [-0.1, -0.05) is 5.16 Å². The molecule has 1 amide bonds. The molecule has 0 saturated carbocycles. The van der Waals surface area contributed by atoms with Crippen molar-refractivity contribution in [3.8, 4) is 23.0 Å². The molecule has 7 nitrogen and oxygen atoms in total. The van der Waals surface area contributed by atoms with Crippen LogP contribution < -0.4 is 14.8 Å². The number of rotatable bonds is 7. The molecule has 0 aliphatic carbocycles. The number of amides is 1. The SMILES string of the molecule is COc1ccc(OCCNC(=O)c2ccc(-c3nc(C)no3)cc2)cc1. The smallest absolute Gasteiger partial charge is 0.257 e. The molecule has 0 bridgehead atoms. The third-order valence-electron chi connectivity index (χ3n) is 3.64. The highest BCUT2D eigenvalue weighted by atomic mass is 16.5. The second-order valence-electron chi connectivity index (χ2n) is 5.50. The standard InChI is InChI=1S/C19H19N3O4/c1-13-21-19(26-22-13)15-5-3-14(4-6-15)18(23)20-11-12-25-17-9-7-16(24-2)8-10-17/h3-10H,11-12H2,1-2H3,(H,20,23). The first-order valence-electron chi connectivity index (χ1n) is 8.11. The number of ether oxygens (including phenoxy) is 2. The van der Waals surface area contributed by atoms with Gasteiger partial charge in [0.25, 0.3) is 11.8 Å². The molecular weight excluding hydrogens is 334 g/mol. The molecule has 0 aliphatic heterocycles. The van der Waals surface area contributed by atoms with E-state index < -0.39 is 0 Å². The predicted molar refractivity (Wildman–Crippen MR) is 95.3 cm³/mol. The zero-order valence-electron chi connectivity index (χ0n) is 14.6. The molecule has 3 rings (SSSR count). The van der Waals surface area contributed by atoms with Gasteiger partial charge in [-0.2, -0.15) is 4.98 Å². The van der Waals surface area contributed by atoms with Crippen molar-refractivity contribution in [2.45, 2.75) is 6.92 Å². The van der Waals surface area contributed by atoms with E-state index in [-0.39, 0.29) is 5.91 Å². The fourth-order valence-electron chi connectivity index (χ4n) is 2.29. The zero-order chi connectivity index (χ0) is 18.4. The molecule has 0 unspecified atom stereocenters. The Morgan fingerprint density at radius 3 is 2.38 bits per heavy atom. The van der Waals surface area contributed by atoms with Gasteiger partial charge < -0.3 is 19.3 Å². The van der Waals surface area contributed by atoms with E-state index in [4.69, 9.17) is 14.0 Å². The van der Waals surface area contributed by atoms with Crippen LogP contribution in [0.4, 0.5) is 0 Å². The van der Waals surface area contributed by atoms with Crippen molar-refractivity contribution < 1.29 is 18.8 Å². The van der Waals surface area contributed by atoms with E-state index in [0.717, 1.165) is 17.1 Å². The summed E-state index contributed by atoms with van der Waals surface area (Å²) in [5, 5.41) is 6.56. The summed E-state index contributed by atoms with van der Waals surface area (Å²) in [6.07, 6.45) is 0. The van der Waals surface area contributed by atoms with Crippen molar-refractivity contribution >= 4 is 5.91 Å². The minimum Gasteiger partial charge on any atom is -0.497 e. The van der Waals surface area contributed by atoms with Crippen molar-refractivity contribution in [1.29, 1.82) is 0 Å². The van der Waals surface area contributed by atoms with Gasteiger partial charge in [-0.15, -0.1) is 0 Å². The van der Waals surface area contributed by atoms with Gasteiger partial charge in [0.05, 0.1) is 13.7 Å². The van der Waals surface area contributed by atoms with Gasteiger partial charge in [0.2, 0.25) is 0 Å². The minimum atomic E-state index is -0.170. The van der Waals surface area contributed by atoms with E-state index in [0.29, 0.717) is 30.4 Å². The quantitative estimate of drug-likeness (QED) is 0.657. The van der Waals surface area contributed by atoms with Gasteiger partial charge in [0.1, 0.15) is 18.1 Å². The lowest BCUT2D eigenvalue weighted by molar-refractivity contribution is 0.0947. The second kappa shape index (κ2) is 8.15. The summed E-state index contributed by atoms with van der Waals surface area (Å²) < 4.78 is 15.8. The molecule has 26 heavy (non-hydrogen) atoms. The minimum absolute atomic E-state index is 0.170. The number of carbonyl (C=O) groups excluding carboxylic acids is 1. The third kappa shape index (κ3) is 4.38. The predicted octanol–water partition coefficient (Wildman–Crippen LogP) is 2.86. The lowest BCUT2D eigenvalue weighted by Gasteiger charge is -2.08. The summed E-state index contributed by atoms with van der Waals surface area (Å²) in [5.74, 6) is 2.32. The Bertz CT molecular complexity index is 857. The van der Waals surface area contributed by atoms with E-state index in [1.54, 1.807) is 38.3 Å². The van der Waals surface area contributed by atoms with Crippen LogP contribution in [0.2, 0.25) is 0 Å². The molecule has 0 fully saturated rings. The fourth-order valence-corrected chi connectivity index (χ4v) is 2.29. The summed E-state index contributed by atoms with van der Waals surface area (Å²) >= 11 is 0. The Labute approximate surface area is 150 Å². The lowest BCUT2D eigenvalue weighted by Crippen LogP contribution is -2.28. The van der Waals surface area contributed by atoms with Crippen LogP contribution in [0.15, 0.2) is 53.1 Å². The Hall–Kier alpha value is -3.35. The van der Waals surface area contributed by atoms with Gasteiger partial charge in [0.15, 0.2) is 5.82 Å². The van der Waals surface area contributed by atoms with Gasteiger partial charge >= 0.3 is 0 Å². The van der Waals surface area contributed by atoms with Crippen LogP contribution >= 0.6 is 0 Å². The van der Waals surface area contributed by atoms with Crippen molar-refractivity contribution in [3.05, 3.63) is 59.9 Å². The first kappa shape index (κ1) is 17.5. The monoisotopic (exact) mass is 353 g/mol. The Morgan fingerprint density at radius 1 is 1.08 bits per heavy atom. The first-order valence-corrected chi connectivity index (χ1v) is 8.11. The van der Waals surface area contributed by atoms with Crippen LogP contribution in [0.25, 0.3) is 11.5 Å². The second-order valence-corrected chi connectivity index (χ2v) is 5.50. The maximum absolute atomic E-state index is 12.2. The van der Waals surface area contributed by atoms with Crippen molar-refractivity contribution in [1.82, 2.24) is 15.5 Å². The van der Waals surface area contributed by atoms with Gasteiger partial charge in [0, 0.05) is 11.1 Å². The molecule has 0 spiro atoms. The number of methoxy groups -OCH3 is 1. The molecular formula is C19H19N3O4. The maximum Gasteiger partial charge on any atom is 0.257 e. The van der Waals surface area contributed by atoms with Gasteiger partial charge in [-0.05, 0) is 55.5 Å². The number of benzene rings is 2. The topological polar surface area (TPSA) is 86.5 Å². The summed E-state index contributed by atoms with van der Waals surface area (Å²) in [7, 11) is 1.61. The summed E-state index contributed by atoms with van der Waals surface area (Å²) in [5.41, 5.74) is 1.32. The number of aromatic nitrogens is 2. The van der Waals surface area contributed by atoms with E-state index >= 15 is 0 Å². The van der Waals surface area contributed by atoms with Gasteiger partial charge in [-0.25, -0.2) is 0 Å². The summed E-state index contributed by atoms with van der Waals surface area (Å²) in [6.45, 7) is 2.52. The molecule has 2 aromatic carbocycles. The molecule has 1 aromatic heterocycles. The van der Waals surface area contributed by atoms with Crippen LogP contribution in [0.3, 0.4) is 0 Å². The van der Waals surface area contributed by atoms with Crippen molar-refractivity contribution in [2.75, 3.05) is 20.3 Å². The number of hydrogen-bond donors (Lipinski definition) is 1. The van der Waals surface area contributed by atoms with E-state index in [1.807, 2.05) is 24.3 Å². The Morgan fingerprint density at radius 2 is 1.77 bits per heavy atom. The number of aryl methyl sites for hydroxylation is 1. The highest BCUT2D eigenvalue weighted by Crippen LogP contribution is 2.18. The average Bonchev–Trinajstić information content (AvgIpc) is 3.12. The van der Waals surface area contributed by atoms with Crippen molar-refractivity contribution in [2.24, 2.45) is 0 Å². The van der Waals surface area contributed by atoms with E-state index in [1.165, 1.54) is 0 Å². The van der Waals surface area contributed by atoms with Crippen molar-refractivity contribution in [3.63, 3.8) is 0 Å². The molecule has 0 saturated heterocycles. The van der Waals surface area contributed by atoms with Crippen LogP contribution in [0, 0.1) is 6.92 Å². The number of carbonyl (C=O) groups is 1. The van der Waals surface area contributed by atoms with Crippen LogP contribution in [0.1, 0.15) is 16.2 Å². The number of hydrogen-bond acceptors (Lipinski definition) is 6. The van der Waals surface area contributed by atoms with E-state index in [9.17, 15) is 4.79 Å². The molecule has 3 aromatic rings. The number of nitrogens with one attached hydrogen (secondary N) is 1. The Kier molecular flexibility index (Phi) is 5.48. The van der Waals surface area contributed by atoms with Crippen LogP contribution in [-0.4, -0.2) is 36.3 Å².